The third-order valence-electron chi connectivity index (χ3n) is 6.12. The summed E-state index contributed by atoms with van der Waals surface area (Å²) in [6.07, 6.45) is 6.64. The number of nitrogens with zero attached hydrogens (tertiary/aromatic N) is 2. The van der Waals surface area contributed by atoms with E-state index >= 15 is 0 Å². The van der Waals surface area contributed by atoms with Crippen LogP contribution in [0.3, 0.4) is 0 Å². The number of ether oxygens (including phenoxy) is 1. The van der Waals surface area contributed by atoms with E-state index in [-0.39, 0.29) is 11.9 Å². The summed E-state index contributed by atoms with van der Waals surface area (Å²) >= 11 is 0. The number of benzene rings is 1. The molecule has 0 radical (unpaired) electrons. The Labute approximate surface area is 161 Å². The summed E-state index contributed by atoms with van der Waals surface area (Å²) in [6, 6.07) is 11.1. The van der Waals surface area contributed by atoms with Crippen LogP contribution in [0.1, 0.15) is 55.8 Å². The van der Waals surface area contributed by atoms with Crippen LogP contribution < -0.4 is 10.1 Å². The van der Waals surface area contributed by atoms with Crippen molar-refractivity contribution >= 4 is 16.8 Å². The fourth-order valence-electron chi connectivity index (χ4n) is 4.53. The first-order chi connectivity index (χ1) is 13.2. The molecule has 2 bridgehead atoms. The number of unbranched alkanes of at least 4 members (excludes halogenated alkanes) is 1. The summed E-state index contributed by atoms with van der Waals surface area (Å²) in [6.45, 7) is 2.76. The van der Waals surface area contributed by atoms with Crippen molar-refractivity contribution in [3.8, 4) is 5.88 Å². The molecule has 1 aromatic carbocycles. The van der Waals surface area contributed by atoms with E-state index in [0.29, 0.717) is 30.1 Å². The molecule has 2 atom stereocenters. The molecule has 1 N–H and O–H groups in total. The molecular formula is C22H29N3O2. The summed E-state index contributed by atoms with van der Waals surface area (Å²) in [4.78, 5) is 20.2. The zero-order chi connectivity index (χ0) is 18.8. The molecule has 3 heterocycles. The fraction of sp³-hybridized carbons (Fsp3) is 0.545. The number of fused-ring (bicyclic) bond motifs is 3. The van der Waals surface area contributed by atoms with Crippen LogP contribution in [-0.4, -0.2) is 47.6 Å². The van der Waals surface area contributed by atoms with Gasteiger partial charge in [-0.1, -0.05) is 31.5 Å². The SMILES string of the molecule is CCCCOc1cc(C(=O)NC2CC3CCC(C2)N3C)c2ccccc2n1. The summed E-state index contributed by atoms with van der Waals surface area (Å²) in [5, 5.41) is 4.18. The summed E-state index contributed by atoms with van der Waals surface area (Å²) in [7, 11) is 2.22. The lowest BCUT2D eigenvalue weighted by Crippen LogP contribution is -2.48. The van der Waals surface area contributed by atoms with Gasteiger partial charge in [0.05, 0.1) is 17.7 Å². The normalized spacial score (nSPS) is 24.9. The molecule has 1 aromatic heterocycles. The van der Waals surface area contributed by atoms with Gasteiger partial charge in [0.15, 0.2) is 0 Å². The van der Waals surface area contributed by atoms with Crippen molar-refractivity contribution in [3.05, 3.63) is 35.9 Å². The largest absolute Gasteiger partial charge is 0.478 e. The molecule has 2 aromatic rings. The number of para-hydroxylation sites is 1. The van der Waals surface area contributed by atoms with E-state index in [9.17, 15) is 4.79 Å². The van der Waals surface area contributed by atoms with E-state index in [4.69, 9.17) is 4.74 Å². The number of carbonyl (C=O) groups is 1. The minimum atomic E-state index is -0.0112. The molecule has 2 unspecified atom stereocenters. The van der Waals surface area contributed by atoms with E-state index in [1.165, 1.54) is 12.8 Å². The van der Waals surface area contributed by atoms with Crippen molar-refractivity contribution < 1.29 is 9.53 Å². The summed E-state index contributed by atoms with van der Waals surface area (Å²) in [5.41, 5.74) is 1.47. The third-order valence-corrected chi connectivity index (χ3v) is 6.12. The molecule has 144 valence electrons. The van der Waals surface area contributed by atoms with E-state index in [0.717, 1.165) is 36.6 Å². The van der Waals surface area contributed by atoms with E-state index < -0.39 is 0 Å². The smallest absolute Gasteiger partial charge is 0.252 e. The average Bonchev–Trinajstić information content (AvgIpc) is 2.89. The monoisotopic (exact) mass is 367 g/mol. The number of rotatable bonds is 6. The van der Waals surface area contributed by atoms with Gasteiger partial charge >= 0.3 is 0 Å². The molecular weight excluding hydrogens is 338 g/mol. The van der Waals surface area contributed by atoms with Crippen molar-refractivity contribution in [2.75, 3.05) is 13.7 Å². The van der Waals surface area contributed by atoms with Gasteiger partial charge < -0.3 is 15.0 Å². The van der Waals surface area contributed by atoms with Crippen LogP contribution in [0.15, 0.2) is 30.3 Å². The molecule has 5 heteroatoms. The van der Waals surface area contributed by atoms with Crippen LogP contribution in [0.2, 0.25) is 0 Å². The van der Waals surface area contributed by atoms with Gasteiger partial charge in [-0.05, 0) is 45.2 Å². The lowest BCUT2D eigenvalue weighted by Gasteiger charge is -2.36. The number of hydrogen-bond donors (Lipinski definition) is 1. The Morgan fingerprint density at radius 3 is 2.74 bits per heavy atom. The Bertz CT molecular complexity index is 808. The topological polar surface area (TPSA) is 54.5 Å². The molecule has 27 heavy (non-hydrogen) atoms. The highest BCUT2D eigenvalue weighted by Gasteiger charge is 2.38. The standard InChI is InChI=1S/C22H29N3O2/c1-3-4-11-27-21-14-19(18-7-5-6-8-20(18)24-21)22(26)23-15-12-16-9-10-17(13-15)25(16)2/h5-8,14-17H,3-4,9-13H2,1-2H3,(H,23,26). The number of pyridine rings is 1. The van der Waals surface area contributed by atoms with Crippen molar-refractivity contribution in [2.45, 2.75) is 63.6 Å². The highest BCUT2D eigenvalue weighted by atomic mass is 16.5. The van der Waals surface area contributed by atoms with E-state index in [1.807, 2.05) is 24.3 Å². The molecule has 2 saturated heterocycles. The van der Waals surface area contributed by atoms with Gasteiger partial charge in [-0.3, -0.25) is 4.79 Å². The van der Waals surface area contributed by atoms with Crippen LogP contribution in [0.25, 0.3) is 10.9 Å². The minimum Gasteiger partial charge on any atom is -0.478 e. The first kappa shape index (κ1) is 18.2. The lowest BCUT2D eigenvalue weighted by molar-refractivity contribution is 0.0883. The van der Waals surface area contributed by atoms with Crippen LogP contribution in [0.5, 0.6) is 5.88 Å². The molecule has 0 saturated carbocycles. The highest BCUT2D eigenvalue weighted by Crippen LogP contribution is 2.34. The van der Waals surface area contributed by atoms with E-state index in [2.05, 4.69) is 29.2 Å². The van der Waals surface area contributed by atoms with Gasteiger partial charge in [0.1, 0.15) is 0 Å². The molecule has 0 spiro atoms. The second-order valence-corrected chi connectivity index (χ2v) is 7.92. The molecule has 5 nitrogen and oxygen atoms in total. The maximum absolute atomic E-state index is 13.1. The number of carbonyl (C=O) groups excluding carboxylic acids is 1. The van der Waals surface area contributed by atoms with Gasteiger partial charge in [-0.15, -0.1) is 0 Å². The minimum absolute atomic E-state index is 0.0112. The number of aromatic nitrogens is 1. The van der Waals surface area contributed by atoms with Crippen molar-refractivity contribution in [2.24, 2.45) is 0 Å². The maximum atomic E-state index is 13.1. The number of amides is 1. The van der Waals surface area contributed by atoms with Crippen LogP contribution >= 0.6 is 0 Å². The van der Waals surface area contributed by atoms with Crippen LogP contribution in [0, 0.1) is 0 Å². The Morgan fingerprint density at radius 1 is 1.26 bits per heavy atom. The molecule has 2 aliphatic rings. The van der Waals surface area contributed by atoms with Crippen LogP contribution in [0.4, 0.5) is 0 Å². The zero-order valence-electron chi connectivity index (χ0n) is 16.3. The predicted molar refractivity (Wildman–Crippen MR) is 107 cm³/mol. The Balaban J connectivity index is 1.55. The lowest BCUT2D eigenvalue weighted by atomic mass is 9.97. The van der Waals surface area contributed by atoms with Crippen molar-refractivity contribution in [1.29, 1.82) is 0 Å². The van der Waals surface area contributed by atoms with Gasteiger partial charge in [0.25, 0.3) is 5.91 Å². The quantitative estimate of drug-likeness (QED) is 0.790. The average molecular weight is 367 g/mol. The number of nitrogens with one attached hydrogen (secondary N) is 1. The molecule has 1 amide bonds. The highest BCUT2D eigenvalue weighted by molar-refractivity contribution is 6.06. The van der Waals surface area contributed by atoms with Crippen LogP contribution in [-0.2, 0) is 0 Å². The summed E-state index contributed by atoms with van der Waals surface area (Å²) in [5.74, 6) is 0.527. The molecule has 2 fully saturated rings. The number of piperidine rings is 1. The predicted octanol–water partition coefficient (Wildman–Crippen LogP) is 3.77. The zero-order valence-corrected chi connectivity index (χ0v) is 16.3. The fourth-order valence-corrected chi connectivity index (χ4v) is 4.53. The second kappa shape index (κ2) is 7.85. The van der Waals surface area contributed by atoms with Gasteiger partial charge in [-0.2, -0.15) is 0 Å². The van der Waals surface area contributed by atoms with Gasteiger partial charge in [0, 0.05) is 29.6 Å². The first-order valence-corrected chi connectivity index (χ1v) is 10.2. The molecule has 2 aliphatic heterocycles. The first-order valence-electron chi connectivity index (χ1n) is 10.2. The Hall–Kier alpha value is -2.14. The summed E-state index contributed by atoms with van der Waals surface area (Å²) < 4.78 is 5.80. The Kier molecular flexibility index (Phi) is 5.30. The molecule has 0 aliphatic carbocycles. The van der Waals surface area contributed by atoms with Gasteiger partial charge in [0.2, 0.25) is 5.88 Å². The maximum Gasteiger partial charge on any atom is 0.252 e. The van der Waals surface area contributed by atoms with Crippen molar-refractivity contribution in [1.82, 2.24) is 15.2 Å². The van der Waals surface area contributed by atoms with Gasteiger partial charge in [-0.25, -0.2) is 4.98 Å². The van der Waals surface area contributed by atoms with Crippen molar-refractivity contribution in [3.63, 3.8) is 0 Å². The second-order valence-electron chi connectivity index (χ2n) is 7.92. The number of hydrogen-bond acceptors (Lipinski definition) is 4. The van der Waals surface area contributed by atoms with E-state index in [1.54, 1.807) is 6.07 Å². The third kappa shape index (κ3) is 3.79. The molecule has 4 rings (SSSR count). The Morgan fingerprint density at radius 2 is 2.00 bits per heavy atom.